The lowest BCUT2D eigenvalue weighted by Crippen LogP contribution is -2.29. The van der Waals surface area contributed by atoms with Crippen LogP contribution in [0.2, 0.25) is 0 Å². The monoisotopic (exact) mass is 220 g/mol. The molecule has 1 saturated heterocycles. The lowest BCUT2D eigenvalue weighted by Gasteiger charge is -2.33. The topological polar surface area (TPSA) is 15.3 Å². The Morgan fingerprint density at radius 2 is 2.00 bits per heavy atom. The summed E-state index contributed by atoms with van der Waals surface area (Å²) in [7, 11) is 1.98. The lowest BCUT2D eigenvalue weighted by molar-refractivity contribution is 0.566. The van der Waals surface area contributed by atoms with Gasteiger partial charge in [-0.15, -0.1) is 0 Å². The summed E-state index contributed by atoms with van der Waals surface area (Å²) < 4.78 is 2.33. The van der Waals surface area contributed by atoms with Crippen LogP contribution in [0.5, 0.6) is 0 Å². The number of hydrogen-bond acceptors (Lipinski definition) is 3. The van der Waals surface area contributed by atoms with Crippen LogP contribution in [0.1, 0.15) is 12.5 Å². The Labute approximate surface area is 95.5 Å². The zero-order valence-electron chi connectivity index (χ0n) is 9.16. The van der Waals surface area contributed by atoms with E-state index in [1.807, 2.05) is 25.1 Å². The summed E-state index contributed by atoms with van der Waals surface area (Å²) in [6, 6.07) is 10.5. The maximum Gasteiger partial charge on any atom is 0.0611 e. The molecule has 0 amide bonds. The van der Waals surface area contributed by atoms with Crippen molar-refractivity contribution < 1.29 is 0 Å². The third kappa shape index (κ3) is 2.12. The number of nitrogens with one attached hydrogen (secondary N) is 1. The van der Waals surface area contributed by atoms with Crippen molar-refractivity contribution in [3.05, 3.63) is 41.6 Å². The minimum absolute atomic E-state index is 1.16. The van der Waals surface area contributed by atoms with Gasteiger partial charge in [0.25, 0.3) is 0 Å². The number of nitrogens with zero attached hydrogens (tertiary/aromatic N) is 1. The van der Waals surface area contributed by atoms with Crippen LogP contribution in [-0.4, -0.2) is 23.7 Å². The van der Waals surface area contributed by atoms with Crippen molar-refractivity contribution in [3.63, 3.8) is 0 Å². The molecule has 0 bridgehead atoms. The van der Waals surface area contributed by atoms with Crippen molar-refractivity contribution in [1.82, 2.24) is 9.62 Å². The SMILES string of the molecule is CN/C(=C(/C)N1CCS1)c1ccccc1. The smallest absolute Gasteiger partial charge is 0.0611 e. The molecule has 1 aliphatic heterocycles. The molecule has 1 aliphatic rings. The molecule has 0 saturated carbocycles. The normalized spacial score (nSPS) is 16.8. The molecule has 0 aliphatic carbocycles. The maximum atomic E-state index is 3.29. The first-order chi connectivity index (χ1) is 7.33. The predicted octanol–water partition coefficient (Wildman–Crippen LogP) is 2.56. The first kappa shape index (κ1) is 10.4. The van der Waals surface area contributed by atoms with E-state index in [4.69, 9.17) is 0 Å². The standard InChI is InChI=1S/C12H16N2S/c1-10(14-8-9-15-14)12(13-2)11-6-4-3-5-7-11/h3-7,13H,8-9H2,1-2H3/b12-10-. The van der Waals surface area contributed by atoms with Gasteiger partial charge in [0, 0.05) is 25.0 Å². The molecule has 0 atom stereocenters. The fraction of sp³-hybridized carbons (Fsp3) is 0.333. The minimum atomic E-state index is 1.16. The Hall–Kier alpha value is -1.09. The van der Waals surface area contributed by atoms with E-state index in [2.05, 4.69) is 40.8 Å². The maximum absolute atomic E-state index is 3.29. The zero-order chi connectivity index (χ0) is 10.7. The molecule has 1 aromatic rings. The first-order valence-corrected chi connectivity index (χ1v) is 6.11. The van der Waals surface area contributed by atoms with Gasteiger partial charge in [0.2, 0.25) is 0 Å². The second-order valence-electron chi connectivity index (χ2n) is 3.51. The molecule has 2 rings (SSSR count). The lowest BCUT2D eigenvalue weighted by atomic mass is 10.1. The molecule has 15 heavy (non-hydrogen) atoms. The minimum Gasteiger partial charge on any atom is -0.386 e. The summed E-state index contributed by atoms with van der Waals surface area (Å²) >= 11 is 1.89. The van der Waals surface area contributed by atoms with Gasteiger partial charge in [-0.2, -0.15) is 0 Å². The van der Waals surface area contributed by atoms with Gasteiger partial charge in [0.1, 0.15) is 0 Å². The van der Waals surface area contributed by atoms with Gasteiger partial charge >= 0.3 is 0 Å². The average molecular weight is 220 g/mol. The van der Waals surface area contributed by atoms with E-state index < -0.39 is 0 Å². The molecule has 3 heteroatoms. The van der Waals surface area contributed by atoms with E-state index in [9.17, 15) is 0 Å². The summed E-state index contributed by atoms with van der Waals surface area (Å²) in [4.78, 5) is 0. The van der Waals surface area contributed by atoms with Crippen LogP contribution >= 0.6 is 11.9 Å². The van der Waals surface area contributed by atoms with Crippen LogP contribution in [0.4, 0.5) is 0 Å². The van der Waals surface area contributed by atoms with E-state index in [0.717, 1.165) is 6.54 Å². The van der Waals surface area contributed by atoms with E-state index in [-0.39, 0.29) is 0 Å². The third-order valence-corrected chi connectivity index (χ3v) is 3.72. The van der Waals surface area contributed by atoms with Gasteiger partial charge in [0.15, 0.2) is 0 Å². The highest BCUT2D eigenvalue weighted by molar-refractivity contribution is 7.98. The Balaban J connectivity index is 2.30. The van der Waals surface area contributed by atoms with Crippen LogP contribution in [0, 0.1) is 0 Å². The molecule has 1 fully saturated rings. The van der Waals surface area contributed by atoms with Crippen molar-refractivity contribution in [2.24, 2.45) is 0 Å². The number of allylic oxidation sites excluding steroid dienone is 1. The van der Waals surface area contributed by atoms with Crippen LogP contribution < -0.4 is 5.32 Å². The molecule has 80 valence electrons. The van der Waals surface area contributed by atoms with Gasteiger partial charge < -0.3 is 9.62 Å². The summed E-state index contributed by atoms with van der Waals surface area (Å²) in [6.07, 6.45) is 0. The fourth-order valence-corrected chi connectivity index (χ4v) is 2.36. The van der Waals surface area contributed by atoms with Crippen molar-refractivity contribution in [1.29, 1.82) is 0 Å². The van der Waals surface area contributed by atoms with Crippen molar-refractivity contribution in [2.75, 3.05) is 19.3 Å². The predicted molar refractivity (Wildman–Crippen MR) is 67.3 cm³/mol. The average Bonchev–Trinajstić information content (AvgIpc) is 2.18. The molecular weight excluding hydrogens is 204 g/mol. The highest BCUT2D eigenvalue weighted by atomic mass is 32.2. The molecular formula is C12H16N2S. The number of rotatable bonds is 3. The largest absolute Gasteiger partial charge is 0.386 e. The molecule has 1 N–H and O–H groups in total. The Kier molecular flexibility index (Phi) is 3.21. The summed E-state index contributed by atoms with van der Waals surface area (Å²) in [6.45, 7) is 3.33. The molecule has 0 unspecified atom stereocenters. The van der Waals surface area contributed by atoms with E-state index in [1.54, 1.807) is 0 Å². The highest BCUT2D eigenvalue weighted by Gasteiger charge is 2.18. The van der Waals surface area contributed by atoms with E-state index in [0.29, 0.717) is 0 Å². The second kappa shape index (κ2) is 4.62. The number of hydrogen-bond donors (Lipinski definition) is 1. The molecule has 0 aromatic heterocycles. The van der Waals surface area contributed by atoms with Crippen LogP contribution in [0.3, 0.4) is 0 Å². The second-order valence-corrected chi connectivity index (χ2v) is 4.62. The van der Waals surface area contributed by atoms with Crippen LogP contribution in [0.15, 0.2) is 36.0 Å². The summed E-state index contributed by atoms with van der Waals surface area (Å²) in [5, 5.41) is 3.29. The molecule has 1 heterocycles. The summed E-state index contributed by atoms with van der Waals surface area (Å²) in [5.41, 5.74) is 3.80. The van der Waals surface area contributed by atoms with Crippen molar-refractivity contribution in [3.8, 4) is 0 Å². The van der Waals surface area contributed by atoms with Crippen molar-refractivity contribution in [2.45, 2.75) is 6.92 Å². The Morgan fingerprint density at radius 3 is 2.47 bits per heavy atom. The molecule has 1 aromatic carbocycles. The van der Waals surface area contributed by atoms with Crippen LogP contribution in [-0.2, 0) is 0 Å². The van der Waals surface area contributed by atoms with E-state index >= 15 is 0 Å². The quantitative estimate of drug-likeness (QED) is 0.788. The summed E-state index contributed by atoms with van der Waals surface area (Å²) in [5.74, 6) is 1.24. The van der Waals surface area contributed by atoms with E-state index in [1.165, 1.54) is 22.7 Å². The van der Waals surface area contributed by atoms with Crippen LogP contribution in [0.25, 0.3) is 5.70 Å². The third-order valence-electron chi connectivity index (χ3n) is 2.59. The Morgan fingerprint density at radius 1 is 1.33 bits per heavy atom. The molecule has 2 nitrogen and oxygen atoms in total. The Bertz CT molecular complexity index is 355. The molecule has 0 radical (unpaired) electrons. The highest BCUT2D eigenvalue weighted by Crippen LogP contribution is 2.29. The first-order valence-electron chi connectivity index (χ1n) is 5.17. The molecule has 0 spiro atoms. The van der Waals surface area contributed by atoms with Gasteiger partial charge in [-0.25, -0.2) is 0 Å². The fourth-order valence-electron chi connectivity index (χ4n) is 1.71. The van der Waals surface area contributed by atoms with Crippen molar-refractivity contribution >= 4 is 17.6 Å². The van der Waals surface area contributed by atoms with Gasteiger partial charge in [-0.3, -0.25) is 0 Å². The zero-order valence-corrected chi connectivity index (χ0v) is 9.97. The van der Waals surface area contributed by atoms with Gasteiger partial charge in [0.05, 0.1) is 5.70 Å². The number of benzene rings is 1. The van der Waals surface area contributed by atoms with Gasteiger partial charge in [-0.05, 0) is 24.4 Å². The van der Waals surface area contributed by atoms with Gasteiger partial charge in [-0.1, -0.05) is 30.3 Å².